The van der Waals surface area contributed by atoms with E-state index in [4.69, 9.17) is 14.2 Å². The molecule has 154 valence electrons. The maximum atomic E-state index is 12.5. The Labute approximate surface area is 163 Å². The maximum Gasteiger partial charge on any atom is 0.326 e. The zero-order valence-electron chi connectivity index (χ0n) is 16.6. The number of rotatable bonds is 8. The zero-order chi connectivity index (χ0) is 21.0. The van der Waals surface area contributed by atoms with E-state index in [0.29, 0.717) is 22.9 Å². The van der Waals surface area contributed by atoms with Crippen molar-refractivity contribution in [1.82, 2.24) is 5.32 Å². The molecule has 0 aliphatic carbocycles. The number of carboxylic acids is 1. The van der Waals surface area contributed by atoms with Crippen LogP contribution in [0.1, 0.15) is 20.3 Å². The number of carboxylic acid groups (broad SMARTS) is 1. The first-order valence-electron chi connectivity index (χ1n) is 8.87. The molecule has 2 rings (SSSR count). The van der Waals surface area contributed by atoms with Crippen molar-refractivity contribution in [2.75, 3.05) is 32.8 Å². The number of nitrogens with one attached hydrogen (secondary N) is 1. The van der Waals surface area contributed by atoms with Gasteiger partial charge >= 0.3 is 5.97 Å². The highest BCUT2D eigenvalue weighted by molar-refractivity contribution is 6.01. The van der Waals surface area contributed by atoms with Crippen molar-refractivity contribution in [3.8, 4) is 17.2 Å². The summed E-state index contributed by atoms with van der Waals surface area (Å²) < 4.78 is 15.9. The fourth-order valence-electron chi connectivity index (χ4n) is 3.14. The summed E-state index contributed by atoms with van der Waals surface area (Å²) in [7, 11) is 4.43. The quantitative estimate of drug-likeness (QED) is 0.683. The minimum absolute atomic E-state index is 0.00702. The van der Waals surface area contributed by atoms with Gasteiger partial charge in [-0.05, 0) is 5.92 Å². The lowest BCUT2D eigenvalue weighted by Gasteiger charge is -2.22. The number of carbonyl (C=O) groups is 3. The molecule has 2 amide bonds. The van der Waals surface area contributed by atoms with Crippen molar-refractivity contribution in [3.63, 3.8) is 0 Å². The number of hydrogen-bond acceptors (Lipinski definition) is 6. The third-order valence-electron chi connectivity index (χ3n) is 4.69. The number of ether oxygens (including phenoxy) is 3. The van der Waals surface area contributed by atoms with Crippen LogP contribution in [0.4, 0.5) is 5.69 Å². The van der Waals surface area contributed by atoms with Crippen molar-refractivity contribution in [1.29, 1.82) is 0 Å². The molecule has 28 heavy (non-hydrogen) atoms. The number of nitrogens with zero attached hydrogens (tertiary/aromatic N) is 1. The summed E-state index contributed by atoms with van der Waals surface area (Å²) in [5, 5.41) is 11.8. The Bertz CT molecular complexity index is 738. The van der Waals surface area contributed by atoms with Gasteiger partial charge < -0.3 is 29.5 Å². The van der Waals surface area contributed by atoms with E-state index < -0.39 is 23.8 Å². The molecule has 0 saturated carbocycles. The molecule has 1 fully saturated rings. The Morgan fingerprint density at radius 3 is 2.14 bits per heavy atom. The summed E-state index contributed by atoms with van der Waals surface area (Å²) in [6, 6.07) is 2.26. The molecule has 2 N–H and O–H groups in total. The van der Waals surface area contributed by atoms with Crippen LogP contribution in [0.3, 0.4) is 0 Å². The molecule has 0 aromatic heterocycles. The number of aliphatic carboxylic acids is 1. The summed E-state index contributed by atoms with van der Waals surface area (Å²) in [5.74, 6) is -1.54. The molecule has 2 atom stereocenters. The Morgan fingerprint density at radius 1 is 1.14 bits per heavy atom. The first-order chi connectivity index (χ1) is 13.2. The van der Waals surface area contributed by atoms with E-state index in [-0.39, 0.29) is 24.8 Å². The van der Waals surface area contributed by atoms with Crippen LogP contribution in [-0.4, -0.2) is 56.8 Å². The predicted molar refractivity (Wildman–Crippen MR) is 101 cm³/mol. The zero-order valence-corrected chi connectivity index (χ0v) is 16.6. The number of anilines is 1. The van der Waals surface area contributed by atoms with Gasteiger partial charge in [0, 0.05) is 25.1 Å². The average Bonchev–Trinajstić information content (AvgIpc) is 3.05. The van der Waals surface area contributed by atoms with Crippen LogP contribution >= 0.6 is 0 Å². The molecule has 1 saturated heterocycles. The number of methoxy groups -OCH3 is 3. The van der Waals surface area contributed by atoms with Crippen LogP contribution in [0.15, 0.2) is 12.1 Å². The third kappa shape index (κ3) is 4.29. The second-order valence-corrected chi connectivity index (χ2v) is 6.86. The van der Waals surface area contributed by atoms with E-state index in [9.17, 15) is 19.5 Å². The molecule has 1 aromatic carbocycles. The van der Waals surface area contributed by atoms with E-state index >= 15 is 0 Å². The van der Waals surface area contributed by atoms with Crippen LogP contribution in [0, 0.1) is 11.8 Å². The Kier molecular flexibility index (Phi) is 6.71. The lowest BCUT2D eigenvalue weighted by atomic mass is 10.0. The highest BCUT2D eigenvalue weighted by Crippen LogP contribution is 2.42. The van der Waals surface area contributed by atoms with Crippen molar-refractivity contribution in [2.45, 2.75) is 26.3 Å². The van der Waals surface area contributed by atoms with E-state index in [2.05, 4.69) is 5.32 Å². The highest BCUT2D eigenvalue weighted by atomic mass is 16.5. The van der Waals surface area contributed by atoms with Gasteiger partial charge in [-0.15, -0.1) is 0 Å². The van der Waals surface area contributed by atoms with E-state index in [1.54, 1.807) is 26.0 Å². The summed E-state index contributed by atoms with van der Waals surface area (Å²) in [6.07, 6.45) is -0.00702. The first-order valence-corrected chi connectivity index (χ1v) is 8.87. The van der Waals surface area contributed by atoms with Crippen molar-refractivity contribution in [2.24, 2.45) is 11.8 Å². The van der Waals surface area contributed by atoms with Gasteiger partial charge in [-0.25, -0.2) is 4.79 Å². The number of hydrogen-bond donors (Lipinski definition) is 2. The Hall–Kier alpha value is -2.97. The van der Waals surface area contributed by atoms with Gasteiger partial charge in [-0.3, -0.25) is 9.59 Å². The molecule has 1 aliphatic rings. The molecule has 9 nitrogen and oxygen atoms in total. The maximum absolute atomic E-state index is 12.5. The Morgan fingerprint density at radius 2 is 1.71 bits per heavy atom. The van der Waals surface area contributed by atoms with Gasteiger partial charge in [0.15, 0.2) is 11.5 Å². The van der Waals surface area contributed by atoms with Crippen LogP contribution in [0.5, 0.6) is 17.2 Å². The normalized spacial score (nSPS) is 17.4. The average molecular weight is 394 g/mol. The van der Waals surface area contributed by atoms with Crippen LogP contribution in [0.25, 0.3) is 0 Å². The second-order valence-electron chi connectivity index (χ2n) is 6.86. The topological polar surface area (TPSA) is 114 Å². The lowest BCUT2D eigenvalue weighted by molar-refractivity contribution is -0.143. The minimum Gasteiger partial charge on any atom is -0.493 e. The molecule has 9 heteroatoms. The van der Waals surface area contributed by atoms with Gasteiger partial charge in [0.1, 0.15) is 6.04 Å². The summed E-state index contributed by atoms with van der Waals surface area (Å²) in [4.78, 5) is 37.8. The monoisotopic (exact) mass is 394 g/mol. The summed E-state index contributed by atoms with van der Waals surface area (Å²) in [6.45, 7) is 3.55. The molecule has 0 bridgehead atoms. The Balaban J connectivity index is 2.23. The SMILES string of the molecule is COc1cc(N2CC(C(=O)N[C@@H](C(=O)O)C(C)C)CC2=O)cc(OC)c1OC. The van der Waals surface area contributed by atoms with E-state index in [0.717, 1.165) is 0 Å². The van der Waals surface area contributed by atoms with Crippen molar-refractivity contribution >= 4 is 23.5 Å². The first kappa shape index (κ1) is 21.3. The van der Waals surface area contributed by atoms with Gasteiger partial charge in [0.2, 0.25) is 17.6 Å². The molecular formula is C19H26N2O7. The molecule has 0 spiro atoms. The molecular weight excluding hydrogens is 368 g/mol. The highest BCUT2D eigenvalue weighted by Gasteiger charge is 2.37. The van der Waals surface area contributed by atoms with E-state index in [1.807, 2.05) is 0 Å². The second kappa shape index (κ2) is 8.81. The standard InChI is InChI=1S/C19H26N2O7/c1-10(2)16(19(24)25)20-18(23)11-6-15(22)21(9-11)12-7-13(26-3)17(28-5)14(8-12)27-4/h7-8,10-11,16H,6,9H2,1-5H3,(H,20,23)(H,24,25)/t11?,16-/m1/s1. The van der Waals surface area contributed by atoms with Crippen molar-refractivity contribution in [3.05, 3.63) is 12.1 Å². The predicted octanol–water partition coefficient (Wildman–Crippen LogP) is 1.29. The van der Waals surface area contributed by atoms with Gasteiger partial charge in [-0.1, -0.05) is 13.8 Å². The lowest BCUT2D eigenvalue weighted by Crippen LogP contribution is -2.47. The number of amides is 2. The fourth-order valence-corrected chi connectivity index (χ4v) is 3.14. The van der Waals surface area contributed by atoms with Crippen molar-refractivity contribution < 1.29 is 33.7 Å². The minimum atomic E-state index is -1.10. The fraction of sp³-hybridized carbons (Fsp3) is 0.526. The van der Waals surface area contributed by atoms with Crippen LogP contribution < -0.4 is 24.4 Å². The van der Waals surface area contributed by atoms with Gasteiger partial charge in [-0.2, -0.15) is 0 Å². The van der Waals surface area contributed by atoms with Crippen LogP contribution in [-0.2, 0) is 14.4 Å². The van der Waals surface area contributed by atoms with Gasteiger partial charge in [0.25, 0.3) is 0 Å². The number of benzene rings is 1. The molecule has 1 heterocycles. The summed E-state index contributed by atoms with van der Waals surface area (Å²) in [5.41, 5.74) is 0.508. The molecule has 0 radical (unpaired) electrons. The molecule has 1 aromatic rings. The smallest absolute Gasteiger partial charge is 0.326 e. The van der Waals surface area contributed by atoms with E-state index in [1.165, 1.54) is 26.2 Å². The molecule has 1 aliphatic heterocycles. The van der Waals surface area contributed by atoms with Crippen LogP contribution in [0.2, 0.25) is 0 Å². The number of carbonyl (C=O) groups excluding carboxylic acids is 2. The molecule has 1 unspecified atom stereocenters. The third-order valence-corrected chi connectivity index (χ3v) is 4.69. The largest absolute Gasteiger partial charge is 0.493 e. The summed E-state index contributed by atoms with van der Waals surface area (Å²) >= 11 is 0. The van der Waals surface area contributed by atoms with Gasteiger partial charge in [0.05, 0.1) is 32.9 Å².